The Labute approximate surface area is 125 Å². The largest absolute Gasteiger partial charge is 0.446 e. The molecule has 112 valence electrons. The molecule has 0 aliphatic carbocycles. The molecule has 1 N–H and O–H groups in total. The summed E-state index contributed by atoms with van der Waals surface area (Å²) in [7, 11) is 0. The van der Waals surface area contributed by atoms with Crippen molar-refractivity contribution in [1.29, 1.82) is 0 Å². The lowest BCUT2D eigenvalue weighted by atomic mass is 10.1. The number of rotatable bonds is 6. The number of oxazole rings is 1. The maximum absolute atomic E-state index is 11.8. The Hall–Kier alpha value is -2.10. The van der Waals surface area contributed by atoms with Crippen molar-refractivity contribution in [2.24, 2.45) is 0 Å². The van der Waals surface area contributed by atoms with E-state index in [4.69, 9.17) is 4.42 Å². The van der Waals surface area contributed by atoms with Crippen LogP contribution in [0.1, 0.15) is 34.9 Å². The summed E-state index contributed by atoms with van der Waals surface area (Å²) in [5, 5.41) is 2.92. The normalized spacial score (nSPS) is 10.6. The summed E-state index contributed by atoms with van der Waals surface area (Å²) in [6.07, 6.45) is 1.97. The average molecular weight is 286 g/mol. The van der Waals surface area contributed by atoms with Gasteiger partial charge >= 0.3 is 0 Å². The summed E-state index contributed by atoms with van der Waals surface area (Å²) in [5.74, 6) is 1.60. The Balaban J connectivity index is 1.70. The van der Waals surface area contributed by atoms with Crippen LogP contribution in [-0.4, -0.2) is 17.4 Å². The number of amides is 1. The van der Waals surface area contributed by atoms with Gasteiger partial charge in [-0.15, -0.1) is 0 Å². The topological polar surface area (TPSA) is 55.1 Å². The van der Waals surface area contributed by atoms with Crippen molar-refractivity contribution in [1.82, 2.24) is 10.3 Å². The molecule has 0 aliphatic rings. The number of nitrogens with zero attached hydrogens (tertiary/aromatic N) is 1. The van der Waals surface area contributed by atoms with Gasteiger partial charge in [0.1, 0.15) is 5.76 Å². The molecule has 2 aromatic rings. The van der Waals surface area contributed by atoms with Crippen molar-refractivity contribution in [2.75, 3.05) is 6.54 Å². The number of hydrogen-bond acceptors (Lipinski definition) is 3. The third kappa shape index (κ3) is 4.74. The molecule has 4 heteroatoms. The van der Waals surface area contributed by atoms with Gasteiger partial charge in [-0.1, -0.05) is 29.8 Å². The van der Waals surface area contributed by atoms with Crippen LogP contribution in [0.3, 0.4) is 0 Å². The molecule has 1 heterocycles. The van der Waals surface area contributed by atoms with Crippen LogP contribution in [0.2, 0.25) is 0 Å². The number of nitrogens with one attached hydrogen (secondary N) is 1. The molecule has 1 aromatic heterocycles. The predicted molar refractivity (Wildman–Crippen MR) is 82.2 cm³/mol. The lowest BCUT2D eigenvalue weighted by Crippen LogP contribution is -2.25. The van der Waals surface area contributed by atoms with Crippen LogP contribution in [-0.2, 0) is 17.6 Å². The van der Waals surface area contributed by atoms with Crippen molar-refractivity contribution >= 4 is 5.91 Å². The molecule has 0 radical (unpaired) electrons. The number of benzene rings is 1. The molecule has 0 saturated heterocycles. The van der Waals surface area contributed by atoms with Crippen molar-refractivity contribution in [3.63, 3.8) is 0 Å². The number of aromatic nitrogens is 1. The lowest BCUT2D eigenvalue weighted by Gasteiger charge is -2.05. The van der Waals surface area contributed by atoms with Crippen molar-refractivity contribution in [2.45, 2.75) is 40.0 Å². The maximum Gasteiger partial charge on any atom is 0.220 e. The SMILES string of the molecule is Cc1ccc(CCC(=O)NCCc2oc(C)nc2C)cc1. The second-order valence-electron chi connectivity index (χ2n) is 5.33. The summed E-state index contributed by atoms with van der Waals surface area (Å²) in [6, 6.07) is 8.29. The summed E-state index contributed by atoms with van der Waals surface area (Å²) in [4.78, 5) is 16.0. The van der Waals surface area contributed by atoms with E-state index in [2.05, 4.69) is 41.5 Å². The van der Waals surface area contributed by atoms with E-state index in [0.29, 0.717) is 25.3 Å². The van der Waals surface area contributed by atoms with E-state index >= 15 is 0 Å². The van der Waals surface area contributed by atoms with E-state index in [1.807, 2.05) is 13.8 Å². The number of hydrogen-bond donors (Lipinski definition) is 1. The first-order chi connectivity index (χ1) is 10.0. The van der Waals surface area contributed by atoms with Gasteiger partial charge in [0.05, 0.1) is 5.69 Å². The Morgan fingerprint density at radius 3 is 2.48 bits per heavy atom. The van der Waals surface area contributed by atoms with Crippen LogP contribution >= 0.6 is 0 Å². The standard InChI is InChI=1S/C17H22N2O2/c1-12-4-6-15(7-5-12)8-9-17(20)18-11-10-16-13(2)19-14(3)21-16/h4-7H,8-11H2,1-3H3,(H,18,20). The molecule has 0 bridgehead atoms. The van der Waals surface area contributed by atoms with E-state index in [-0.39, 0.29) is 5.91 Å². The third-order valence-electron chi connectivity index (χ3n) is 3.44. The van der Waals surface area contributed by atoms with Crippen molar-refractivity contribution in [3.05, 3.63) is 52.7 Å². The molecule has 0 atom stereocenters. The molecule has 0 aliphatic heterocycles. The third-order valence-corrected chi connectivity index (χ3v) is 3.44. The second kappa shape index (κ2) is 7.07. The maximum atomic E-state index is 11.8. The quantitative estimate of drug-likeness (QED) is 0.888. The minimum atomic E-state index is 0.0736. The number of carbonyl (C=O) groups is 1. The zero-order valence-corrected chi connectivity index (χ0v) is 12.9. The van der Waals surface area contributed by atoms with Crippen LogP contribution in [0.15, 0.2) is 28.7 Å². The van der Waals surface area contributed by atoms with Gasteiger partial charge in [-0.25, -0.2) is 4.98 Å². The molecular formula is C17H22N2O2. The molecule has 0 saturated carbocycles. The second-order valence-corrected chi connectivity index (χ2v) is 5.33. The first-order valence-corrected chi connectivity index (χ1v) is 7.30. The van der Waals surface area contributed by atoms with E-state index in [1.165, 1.54) is 11.1 Å². The smallest absolute Gasteiger partial charge is 0.220 e. The van der Waals surface area contributed by atoms with E-state index in [1.54, 1.807) is 0 Å². The summed E-state index contributed by atoms with van der Waals surface area (Å²) in [6.45, 7) is 6.40. The van der Waals surface area contributed by atoms with Gasteiger partial charge in [0.15, 0.2) is 5.89 Å². The fraction of sp³-hybridized carbons (Fsp3) is 0.412. The highest BCUT2D eigenvalue weighted by molar-refractivity contribution is 5.76. The monoisotopic (exact) mass is 286 g/mol. The first kappa shape index (κ1) is 15.3. The fourth-order valence-corrected chi connectivity index (χ4v) is 2.22. The van der Waals surface area contributed by atoms with Crippen LogP contribution in [0.5, 0.6) is 0 Å². The summed E-state index contributed by atoms with van der Waals surface area (Å²) < 4.78 is 5.47. The zero-order valence-electron chi connectivity index (χ0n) is 12.9. The van der Waals surface area contributed by atoms with Gasteiger partial charge in [-0.05, 0) is 25.8 Å². The van der Waals surface area contributed by atoms with Crippen LogP contribution in [0.25, 0.3) is 0 Å². The Morgan fingerprint density at radius 2 is 1.86 bits per heavy atom. The Bertz CT molecular complexity index is 600. The highest BCUT2D eigenvalue weighted by Crippen LogP contribution is 2.09. The summed E-state index contributed by atoms with van der Waals surface area (Å²) in [5.41, 5.74) is 3.33. The predicted octanol–water partition coefficient (Wildman–Crippen LogP) is 2.89. The van der Waals surface area contributed by atoms with Crippen LogP contribution in [0, 0.1) is 20.8 Å². The molecule has 0 spiro atoms. The van der Waals surface area contributed by atoms with Gasteiger partial charge in [-0.3, -0.25) is 4.79 Å². The van der Waals surface area contributed by atoms with Gasteiger partial charge in [0, 0.05) is 26.3 Å². The van der Waals surface area contributed by atoms with Gasteiger partial charge < -0.3 is 9.73 Å². The van der Waals surface area contributed by atoms with Gasteiger partial charge in [-0.2, -0.15) is 0 Å². The molecule has 0 unspecified atom stereocenters. The van der Waals surface area contributed by atoms with E-state index in [0.717, 1.165) is 17.9 Å². The average Bonchev–Trinajstić information content (AvgIpc) is 2.76. The lowest BCUT2D eigenvalue weighted by molar-refractivity contribution is -0.121. The molecule has 2 rings (SSSR count). The molecule has 4 nitrogen and oxygen atoms in total. The molecular weight excluding hydrogens is 264 g/mol. The molecule has 0 fully saturated rings. The van der Waals surface area contributed by atoms with Crippen LogP contribution in [0.4, 0.5) is 0 Å². The Kier molecular flexibility index (Phi) is 5.14. The molecule has 1 aromatic carbocycles. The highest BCUT2D eigenvalue weighted by Gasteiger charge is 2.07. The highest BCUT2D eigenvalue weighted by atomic mass is 16.4. The van der Waals surface area contributed by atoms with E-state index in [9.17, 15) is 4.79 Å². The van der Waals surface area contributed by atoms with Gasteiger partial charge in [0.25, 0.3) is 0 Å². The Morgan fingerprint density at radius 1 is 1.14 bits per heavy atom. The van der Waals surface area contributed by atoms with Gasteiger partial charge in [0.2, 0.25) is 5.91 Å². The molecule has 21 heavy (non-hydrogen) atoms. The van der Waals surface area contributed by atoms with Crippen molar-refractivity contribution < 1.29 is 9.21 Å². The zero-order chi connectivity index (χ0) is 15.2. The van der Waals surface area contributed by atoms with Crippen LogP contribution < -0.4 is 5.32 Å². The fourth-order valence-electron chi connectivity index (χ4n) is 2.22. The molecule has 1 amide bonds. The summed E-state index contributed by atoms with van der Waals surface area (Å²) >= 11 is 0. The number of carbonyl (C=O) groups excluding carboxylic acids is 1. The number of aryl methyl sites for hydroxylation is 4. The van der Waals surface area contributed by atoms with E-state index < -0.39 is 0 Å². The minimum absolute atomic E-state index is 0.0736. The first-order valence-electron chi connectivity index (χ1n) is 7.30. The minimum Gasteiger partial charge on any atom is -0.446 e. The van der Waals surface area contributed by atoms with Crippen molar-refractivity contribution in [3.8, 4) is 0 Å².